The van der Waals surface area contributed by atoms with Gasteiger partial charge >= 0.3 is 0 Å². The lowest BCUT2D eigenvalue weighted by Gasteiger charge is -2.37. The van der Waals surface area contributed by atoms with Gasteiger partial charge in [0, 0.05) is 36.7 Å². The maximum Gasteiger partial charge on any atom is 0.257 e. The van der Waals surface area contributed by atoms with Crippen molar-refractivity contribution in [2.45, 2.75) is 25.7 Å². The van der Waals surface area contributed by atoms with E-state index in [1.54, 1.807) is 25.3 Å². The summed E-state index contributed by atoms with van der Waals surface area (Å²) in [6.07, 6.45) is 3.88. The summed E-state index contributed by atoms with van der Waals surface area (Å²) >= 11 is 0. The molecule has 7 heteroatoms. The number of anilines is 1. The van der Waals surface area contributed by atoms with E-state index in [2.05, 4.69) is 16.0 Å². The fraction of sp³-hybridized carbons (Fsp3) is 0.600. The van der Waals surface area contributed by atoms with Gasteiger partial charge in [0.25, 0.3) is 5.91 Å². The number of nitrogens with one attached hydrogen (secondary N) is 3. The van der Waals surface area contributed by atoms with Gasteiger partial charge in [-0.05, 0) is 50.9 Å². The standard InChI is InChI=1S/C20H29N3O4/c1-26-14-20(7-9-21-10-8-20)13-22-18(24)12-27-17-4-2-3-16(11-17)23-19(25)15-5-6-15/h2-4,11,15,21H,5-10,12-14H2,1H3,(H,22,24)(H,23,25). The van der Waals surface area contributed by atoms with Crippen LogP contribution in [0.5, 0.6) is 5.75 Å². The minimum Gasteiger partial charge on any atom is -0.484 e. The molecule has 1 aromatic carbocycles. The van der Waals surface area contributed by atoms with E-state index in [-0.39, 0.29) is 29.8 Å². The van der Waals surface area contributed by atoms with Crippen molar-refractivity contribution in [1.29, 1.82) is 0 Å². The second kappa shape index (κ2) is 9.19. The Balaban J connectivity index is 1.45. The monoisotopic (exact) mass is 375 g/mol. The first-order chi connectivity index (χ1) is 13.1. The van der Waals surface area contributed by atoms with E-state index in [4.69, 9.17) is 9.47 Å². The molecule has 3 N–H and O–H groups in total. The molecule has 1 saturated carbocycles. The van der Waals surface area contributed by atoms with Crippen molar-refractivity contribution in [3.05, 3.63) is 24.3 Å². The lowest BCUT2D eigenvalue weighted by molar-refractivity contribution is -0.124. The van der Waals surface area contributed by atoms with Crippen molar-refractivity contribution < 1.29 is 19.1 Å². The predicted octanol–water partition coefficient (Wildman–Crippen LogP) is 1.55. The van der Waals surface area contributed by atoms with E-state index >= 15 is 0 Å². The van der Waals surface area contributed by atoms with Gasteiger partial charge in [0.1, 0.15) is 5.75 Å². The molecule has 0 radical (unpaired) electrons. The highest BCUT2D eigenvalue weighted by molar-refractivity contribution is 5.94. The zero-order chi connectivity index (χ0) is 19.1. The van der Waals surface area contributed by atoms with Crippen molar-refractivity contribution in [2.75, 3.05) is 45.3 Å². The molecule has 2 aliphatic rings. The lowest BCUT2D eigenvalue weighted by atomic mass is 9.79. The van der Waals surface area contributed by atoms with Gasteiger partial charge in [-0.25, -0.2) is 0 Å². The van der Waals surface area contributed by atoms with Crippen LogP contribution in [-0.2, 0) is 14.3 Å². The third kappa shape index (κ3) is 5.94. The van der Waals surface area contributed by atoms with Crippen LogP contribution < -0.4 is 20.7 Å². The van der Waals surface area contributed by atoms with Crippen LogP contribution in [0.4, 0.5) is 5.69 Å². The van der Waals surface area contributed by atoms with Gasteiger partial charge in [0.2, 0.25) is 5.91 Å². The van der Waals surface area contributed by atoms with Crippen LogP contribution in [0, 0.1) is 11.3 Å². The number of amides is 2. The van der Waals surface area contributed by atoms with Crippen molar-refractivity contribution in [2.24, 2.45) is 11.3 Å². The van der Waals surface area contributed by atoms with Crippen molar-refractivity contribution >= 4 is 17.5 Å². The van der Waals surface area contributed by atoms with E-state index in [0.717, 1.165) is 38.8 Å². The number of carbonyl (C=O) groups excluding carboxylic acids is 2. The molecule has 148 valence electrons. The summed E-state index contributed by atoms with van der Waals surface area (Å²) < 4.78 is 11.0. The normalized spacial score (nSPS) is 18.6. The summed E-state index contributed by atoms with van der Waals surface area (Å²) in [5.41, 5.74) is 0.682. The smallest absolute Gasteiger partial charge is 0.257 e. The van der Waals surface area contributed by atoms with Crippen molar-refractivity contribution in [1.82, 2.24) is 10.6 Å². The van der Waals surface area contributed by atoms with Gasteiger partial charge in [-0.15, -0.1) is 0 Å². The topological polar surface area (TPSA) is 88.7 Å². The first-order valence-corrected chi connectivity index (χ1v) is 9.60. The second-order valence-electron chi connectivity index (χ2n) is 7.54. The minimum atomic E-state index is -0.156. The molecule has 1 aliphatic heterocycles. The maximum absolute atomic E-state index is 12.2. The molecule has 0 bridgehead atoms. The van der Waals surface area contributed by atoms with E-state index in [0.29, 0.717) is 24.6 Å². The Kier molecular flexibility index (Phi) is 6.68. The van der Waals surface area contributed by atoms with Crippen LogP contribution in [0.15, 0.2) is 24.3 Å². The molecule has 2 amide bonds. The number of benzene rings is 1. The third-order valence-electron chi connectivity index (χ3n) is 5.19. The van der Waals surface area contributed by atoms with Gasteiger partial charge in [-0.1, -0.05) is 6.07 Å². The molecule has 3 rings (SSSR count). The molecular formula is C20H29N3O4. The summed E-state index contributed by atoms with van der Waals surface area (Å²) in [6.45, 7) is 3.05. The molecule has 2 fully saturated rings. The Morgan fingerprint density at radius 1 is 1.26 bits per heavy atom. The molecule has 0 unspecified atom stereocenters. The SMILES string of the molecule is COCC1(CNC(=O)COc2cccc(NC(=O)C3CC3)c2)CCNCC1. The molecule has 0 atom stereocenters. The van der Waals surface area contributed by atoms with E-state index in [1.165, 1.54) is 0 Å². The number of carbonyl (C=O) groups is 2. The highest BCUT2D eigenvalue weighted by Crippen LogP contribution is 2.30. The maximum atomic E-state index is 12.2. The highest BCUT2D eigenvalue weighted by atomic mass is 16.5. The minimum absolute atomic E-state index is 0.0112. The Bertz CT molecular complexity index is 649. The molecule has 1 aromatic rings. The molecule has 1 heterocycles. The van der Waals surface area contributed by atoms with Gasteiger partial charge in [0.05, 0.1) is 6.61 Å². The van der Waals surface area contributed by atoms with E-state index in [9.17, 15) is 9.59 Å². The van der Waals surface area contributed by atoms with Gasteiger partial charge in [-0.2, -0.15) is 0 Å². The summed E-state index contributed by atoms with van der Waals surface area (Å²) in [4.78, 5) is 24.0. The zero-order valence-electron chi connectivity index (χ0n) is 15.9. The highest BCUT2D eigenvalue weighted by Gasteiger charge is 2.32. The van der Waals surface area contributed by atoms with Crippen molar-refractivity contribution in [3.8, 4) is 5.75 Å². The first-order valence-electron chi connectivity index (χ1n) is 9.60. The number of piperidine rings is 1. The summed E-state index contributed by atoms with van der Waals surface area (Å²) in [7, 11) is 1.70. The Labute approximate surface area is 160 Å². The van der Waals surface area contributed by atoms with Gasteiger partial charge in [0.15, 0.2) is 6.61 Å². The quantitative estimate of drug-likeness (QED) is 0.609. The Hall–Kier alpha value is -2.12. The molecule has 7 nitrogen and oxygen atoms in total. The molecule has 1 saturated heterocycles. The van der Waals surface area contributed by atoms with Crippen LogP contribution in [0.25, 0.3) is 0 Å². The van der Waals surface area contributed by atoms with Crippen LogP contribution in [-0.4, -0.2) is 51.8 Å². The predicted molar refractivity (Wildman–Crippen MR) is 103 cm³/mol. The molecular weight excluding hydrogens is 346 g/mol. The molecule has 0 aromatic heterocycles. The van der Waals surface area contributed by atoms with Gasteiger partial charge < -0.3 is 25.4 Å². The summed E-state index contributed by atoms with van der Waals surface area (Å²) in [6, 6.07) is 7.14. The fourth-order valence-electron chi connectivity index (χ4n) is 3.37. The fourth-order valence-corrected chi connectivity index (χ4v) is 3.37. The molecule has 1 aliphatic carbocycles. The van der Waals surface area contributed by atoms with Gasteiger partial charge in [-0.3, -0.25) is 9.59 Å². The average molecular weight is 375 g/mol. The summed E-state index contributed by atoms with van der Waals surface area (Å²) in [5, 5.41) is 9.20. The van der Waals surface area contributed by atoms with Crippen LogP contribution in [0.1, 0.15) is 25.7 Å². The van der Waals surface area contributed by atoms with E-state index < -0.39 is 0 Å². The number of hydrogen-bond acceptors (Lipinski definition) is 5. The first kappa shape index (κ1) is 19.6. The van der Waals surface area contributed by atoms with Crippen LogP contribution in [0.2, 0.25) is 0 Å². The Morgan fingerprint density at radius 2 is 2.04 bits per heavy atom. The lowest BCUT2D eigenvalue weighted by Crippen LogP contribution is -2.47. The van der Waals surface area contributed by atoms with E-state index in [1.807, 2.05) is 6.07 Å². The molecule has 0 spiro atoms. The second-order valence-corrected chi connectivity index (χ2v) is 7.54. The number of rotatable bonds is 9. The van der Waals surface area contributed by atoms with Crippen LogP contribution >= 0.6 is 0 Å². The molecule has 27 heavy (non-hydrogen) atoms. The number of methoxy groups -OCH3 is 1. The average Bonchev–Trinajstić information content (AvgIpc) is 3.52. The largest absolute Gasteiger partial charge is 0.484 e. The number of hydrogen-bond donors (Lipinski definition) is 3. The third-order valence-corrected chi connectivity index (χ3v) is 5.19. The zero-order valence-corrected chi connectivity index (χ0v) is 15.9. The summed E-state index contributed by atoms with van der Waals surface area (Å²) in [5.74, 6) is 0.605. The van der Waals surface area contributed by atoms with Crippen molar-refractivity contribution in [3.63, 3.8) is 0 Å². The Morgan fingerprint density at radius 3 is 2.74 bits per heavy atom. The number of ether oxygens (including phenoxy) is 2. The van der Waals surface area contributed by atoms with Crippen LogP contribution in [0.3, 0.4) is 0 Å².